The standard InChI is InChI=1S/C8H14F2O/c1-2-8(9,10)7(11)5-3-4-6-7/h11H,2-6H2,1H3. The lowest BCUT2D eigenvalue weighted by Gasteiger charge is -2.31. The van der Waals surface area contributed by atoms with Gasteiger partial charge < -0.3 is 5.11 Å². The smallest absolute Gasteiger partial charge is 0.275 e. The van der Waals surface area contributed by atoms with Crippen LogP contribution < -0.4 is 0 Å². The molecule has 3 heteroatoms. The van der Waals surface area contributed by atoms with Gasteiger partial charge in [-0.15, -0.1) is 0 Å². The highest BCUT2D eigenvalue weighted by Crippen LogP contribution is 2.43. The Labute approximate surface area is 65.4 Å². The second-order valence-corrected chi connectivity index (χ2v) is 3.30. The maximum Gasteiger partial charge on any atom is 0.275 e. The molecule has 0 aliphatic heterocycles. The summed E-state index contributed by atoms with van der Waals surface area (Å²) in [6.07, 6.45) is 1.71. The molecule has 1 aliphatic carbocycles. The third-order valence-electron chi connectivity index (χ3n) is 2.56. The summed E-state index contributed by atoms with van der Waals surface area (Å²) in [6, 6.07) is 0. The van der Waals surface area contributed by atoms with Crippen LogP contribution >= 0.6 is 0 Å². The molecular weight excluding hydrogens is 150 g/mol. The first-order valence-corrected chi connectivity index (χ1v) is 4.12. The second kappa shape index (κ2) is 2.70. The van der Waals surface area contributed by atoms with Crippen LogP contribution in [0.2, 0.25) is 0 Å². The van der Waals surface area contributed by atoms with Gasteiger partial charge in [-0.05, 0) is 12.8 Å². The minimum atomic E-state index is -2.89. The van der Waals surface area contributed by atoms with Gasteiger partial charge in [0.15, 0.2) is 0 Å². The first-order chi connectivity index (χ1) is 5.02. The largest absolute Gasteiger partial charge is 0.384 e. The molecule has 1 N–H and O–H groups in total. The molecule has 1 rings (SSSR count). The summed E-state index contributed by atoms with van der Waals surface area (Å²) < 4.78 is 26.0. The van der Waals surface area contributed by atoms with Gasteiger partial charge in [0.2, 0.25) is 0 Å². The molecule has 1 aliphatic rings. The van der Waals surface area contributed by atoms with Crippen LogP contribution in [0.3, 0.4) is 0 Å². The number of halogens is 2. The molecule has 0 aromatic rings. The highest BCUT2D eigenvalue weighted by Gasteiger charge is 2.52. The molecule has 0 amide bonds. The van der Waals surface area contributed by atoms with Crippen molar-refractivity contribution < 1.29 is 13.9 Å². The Hall–Kier alpha value is -0.180. The third kappa shape index (κ3) is 1.39. The molecule has 0 radical (unpaired) electrons. The van der Waals surface area contributed by atoms with Gasteiger partial charge in [-0.1, -0.05) is 19.8 Å². The molecule has 0 saturated heterocycles. The molecule has 0 atom stereocenters. The SMILES string of the molecule is CCC(F)(F)C1(O)CCCC1. The molecule has 66 valence electrons. The van der Waals surface area contributed by atoms with Gasteiger partial charge in [-0.25, -0.2) is 8.78 Å². The van der Waals surface area contributed by atoms with E-state index in [1.807, 2.05) is 0 Å². The lowest BCUT2D eigenvalue weighted by molar-refractivity contribution is -0.178. The summed E-state index contributed by atoms with van der Waals surface area (Å²) >= 11 is 0. The molecular formula is C8H14F2O. The average molecular weight is 164 g/mol. The normalized spacial score (nSPS) is 24.0. The summed E-state index contributed by atoms with van der Waals surface area (Å²) in [5.74, 6) is -2.89. The summed E-state index contributed by atoms with van der Waals surface area (Å²) in [5, 5.41) is 9.47. The number of hydrogen-bond donors (Lipinski definition) is 1. The zero-order valence-corrected chi connectivity index (χ0v) is 6.74. The first-order valence-electron chi connectivity index (χ1n) is 4.12. The Bertz CT molecular complexity index is 139. The number of rotatable bonds is 2. The van der Waals surface area contributed by atoms with E-state index in [1.165, 1.54) is 6.92 Å². The van der Waals surface area contributed by atoms with Crippen molar-refractivity contribution in [1.29, 1.82) is 0 Å². The van der Waals surface area contributed by atoms with Crippen molar-refractivity contribution in [3.05, 3.63) is 0 Å². The first kappa shape index (κ1) is 8.91. The number of aliphatic hydroxyl groups is 1. The van der Waals surface area contributed by atoms with E-state index in [0.717, 1.165) is 12.8 Å². The molecule has 1 saturated carbocycles. The van der Waals surface area contributed by atoms with Gasteiger partial charge in [0.05, 0.1) is 0 Å². The molecule has 0 spiro atoms. The van der Waals surface area contributed by atoms with E-state index >= 15 is 0 Å². The fraction of sp³-hybridized carbons (Fsp3) is 1.00. The van der Waals surface area contributed by atoms with Crippen molar-refractivity contribution in [3.8, 4) is 0 Å². The van der Waals surface area contributed by atoms with Crippen molar-refractivity contribution in [2.24, 2.45) is 0 Å². The summed E-state index contributed by atoms with van der Waals surface area (Å²) in [5.41, 5.74) is -1.69. The summed E-state index contributed by atoms with van der Waals surface area (Å²) in [7, 11) is 0. The van der Waals surface area contributed by atoms with Crippen LogP contribution in [-0.2, 0) is 0 Å². The predicted molar refractivity (Wildman–Crippen MR) is 38.7 cm³/mol. The molecule has 0 unspecified atom stereocenters. The maximum atomic E-state index is 13.0. The van der Waals surface area contributed by atoms with Crippen molar-refractivity contribution in [1.82, 2.24) is 0 Å². The molecule has 11 heavy (non-hydrogen) atoms. The quantitative estimate of drug-likeness (QED) is 0.664. The van der Waals surface area contributed by atoms with E-state index < -0.39 is 11.5 Å². The van der Waals surface area contributed by atoms with Crippen LogP contribution in [0.15, 0.2) is 0 Å². The molecule has 1 fully saturated rings. The maximum absolute atomic E-state index is 13.0. The summed E-state index contributed by atoms with van der Waals surface area (Å²) in [4.78, 5) is 0. The van der Waals surface area contributed by atoms with E-state index in [9.17, 15) is 13.9 Å². The van der Waals surface area contributed by atoms with Crippen LogP contribution in [0.5, 0.6) is 0 Å². The monoisotopic (exact) mass is 164 g/mol. The molecule has 0 aromatic carbocycles. The van der Waals surface area contributed by atoms with Crippen LogP contribution in [0, 0.1) is 0 Å². The van der Waals surface area contributed by atoms with Gasteiger partial charge in [0.25, 0.3) is 5.92 Å². The zero-order valence-electron chi connectivity index (χ0n) is 6.74. The number of alkyl halides is 2. The third-order valence-corrected chi connectivity index (χ3v) is 2.56. The topological polar surface area (TPSA) is 20.2 Å². The van der Waals surface area contributed by atoms with E-state index in [-0.39, 0.29) is 19.3 Å². The Morgan fingerprint density at radius 3 is 2.18 bits per heavy atom. The molecule has 0 bridgehead atoms. The van der Waals surface area contributed by atoms with Crippen molar-refractivity contribution in [2.75, 3.05) is 0 Å². The Balaban J connectivity index is 2.69. The number of hydrogen-bond acceptors (Lipinski definition) is 1. The summed E-state index contributed by atoms with van der Waals surface area (Å²) in [6.45, 7) is 1.41. The van der Waals surface area contributed by atoms with Gasteiger partial charge in [0.1, 0.15) is 5.60 Å². The van der Waals surface area contributed by atoms with Gasteiger partial charge in [-0.2, -0.15) is 0 Å². The minimum absolute atomic E-state index is 0.258. The van der Waals surface area contributed by atoms with Crippen molar-refractivity contribution in [3.63, 3.8) is 0 Å². The van der Waals surface area contributed by atoms with Crippen LogP contribution in [0.4, 0.5) is 8.78 Å². The van der Waals surface area contributed by atoms with E-state index in [1.54, 1.807) is 0 Å². The lowest BCUT2D eigenvalue weighted by Crippen LogP contribution is -2.45. The molecule has 1 nitrogen and oxygen atoms in total. The zero-order chi connectivity index (χ0) is 8.54. The lowest BCUT2D eigenvalue weighted by atomic mass is 9.92. The fourth-order valence-electron chi connectivity index (χ4n) is 1.65. The van der Waals surface area contributed by atoms with Crippen LogP contribution in [0.1, 0.15) is 39.0 Å². The molecule has 0 heterocycles. The molecule has 0 aromatic heterocycles. The van der Waals surface area contributed by atoms with Gasteiger partial charge in [-0.3, -0.25) is 0 Å². The fourth-order valence-corrected chi connectivity index (χ4v) is 1.65. The Morgan fingerprint density at radius 2 is 1.82 bits per heavy atom. The van der Waals surface area contributed by atoms with Crippen molar-refractivity contribution in [2.45, 2.75) is 50.6 Å². The van der Waals surface area contributed by atoms with Gasteiger partial charge >= 0.3 is 0 Å². The van der Waals surface area contributed by atoms with Crippen LogP contribution in [-0.4, -0.2) is 16.6 Å². The minimum Gasteiger partial charge on any atom is -0.384 e. The highest BCUT2D eigenvalue weighted by molar-refractivity contribution is 4.95. The second-order valence-electron chi connectivity index (χ2n) is 3.30. The average Bonchev–Trinajstić information content (AvgIpc) is 2.38. The predicted octanol–water partition coefficient (Wildman–Crippen LogP) is 2.34. The van der Waals surface area contributed by atoms with Crippen LogP contribution in [0.25, 0.3) is 0 Å². The van der Waals surface area contributed by atoms with E-state index in [2.05, 4.69) is 0 Å². The Morgan fingerprint density at radius 1 is 1.36 bits per heavy atom. The van der Waals surface area contributed by atoms with Gasteiger partial charge in [0, 0.05) is 6.42 Å². The Kier molecular flexibility index (Phi) is 2.19. The van der Waals surface area contributed by atoms with Crippen molar-refractivity contribution >= 4 is 0 Å². The van der Waals surface area contributed by atoms with E-state index in [0.29, 0.717) is 0 Å². The highest BCUT2D eigenvalue weighted by atomic mass is 19.3. The van der Waals surface area contributed by atoms with E-state index in [4.69, 9.17) is 0 Å².